The number of rotatable bonds is 2. The van der Waals surface area contributed by atoms with Gasteiger partial charge >= 0.3 is 0 Å². The molecule has 2 aromatic heterocycles. The van der Waals surface area contributed by atoms with Gasteiger partial charge < -0.3 is 9.80 Å². The van der Waals surface area contributed by atoms with Crippen molar-refractivity contribution in [2.24, 2.45) is 0 Å². The molecule has 0 spiro atoms. The van der Waals surface area contributed by atoms with Gasteiger partial charge in [0.05, 0.1) is 11.4 Å². The molecular formula is C15H20N6. The van der Waals surface area contributed by atoms with Crippen molar-refractivity contribution in [3.63, 3.8) is 0 Å². The van der Waals surface area contributed by atoms with Crippen LogP contribution in [0.25, 0.3) is 0 Å². The average molecular weight is 284 g/mol. The lowest BCUT2D eigenvalue weighted by atomic mass is 10.3. The molecule has 0 atom stereocenters. The van der Waals surface area contributed by atoms with Crippen LogP contribution < -0.4 is 9.80 Å². The fourth-order valence-electron chi connectivity index (χ4n) is 2.64. The highest BCUT2D eigenvalue weighted by Gasteiger charge is 2.18. The molecule has 1 aliphatic rings. The van der Waals surface area contributed by atoms with Crippen LogP contribution in [0.3, 0.4) is 0 Å². The number of hydrogen-bond donors (Lipinski definition) is 0. The maximum Gasteiger partial charge on any atom is 0.151 e. The summed E-state index contributed by atoms with van der Waals surface area (Å²) in [5, 5.41) is 8.17. The van der Waals surface area contributed by atoms with Gasteiger partial charge in [-0.05, 0) is 32.4 Å². The largest absolute Gasteiger partial charge is 0.353 e. The molecule has 0 N–H and O–H groups in total. The molecule has 0 aromatic carbocycles. The van der Waals surface area contributed by atoms with Crippen molar-refractivity contribution in [1.29, 1.82) is 0 Å². The third-order valence-electron chi connectivity index (χ3n) is 3.73. The van der Waals surface area contributed by atoms with Crippen LogP contribution in [0.4, 0.5) is 11.6 Å². The standard InChI is InChI=1S/C15H20N6/c1-12-11-16-13(2)15(18-12)21-8-4-7-20(9-10-21)14-5-3-6-17-19-14/h3,5-6,11H,4,7-10H2,1-2H3. The Bertz CT molecular complexity index is 600. The summed E-state index contributed by atoms with van der Waals surface area (Å²) in [6.45, 7) is 7.85. The first kappa shape index (κ1) is 13.7. The van der Waals surface area contributed by atoms with Crippen LogP contribution in [0, 0.1) is 13.8 Å². The number of hydrogen-bond acceptors (Lipinski definition) is 6. The number of aromatic nitrogens is 4. The van der Waals surface area contributed by atoms with E-state index in [2.05, 4.69) is 30.0 Å². The zero-order valence-electron chi connectivity index (χ0n) is 12.5. The van der Waals surface area contributed by atoms with Gasteiger partial charge in [-0.3, -0.25) is 4.98 Å². The first-order chi connectivity index (χ1) is 10.2. The Labute approximate surface area is 124 Å². The molecule has 3 rings (SSSR count). The molecule has 6 nitrogen and oxygen atoms in total. The van der Waals surface area contributed by atoms with E-state index in [0.717, 1.165) is 55.6 Å². The van der Waals surface area contributed by atoms with Crippen molar-refractivity contribution in [3.05, 3.63) is 35.9 Å². The molecule has 1 fully saturated rings. The Morgan fingerprint density at radius 2 is 1.86 bits per heavy atom. The molecule has 3 heterocycles. The van der Waals surface area contributed by atoms with Crippen LogP contribution in [-0.4, -0.2) is 46.3 Å². The van der Waals surface area contributed by atoms with E-state index in [4.69, 9.17) is 0 Å². The summed E-state index contributed by atoms with van der Waals surface area (Å²) in [7, 11) is 0. The number of aryl methyl sites for hydroxylation is 2. The fourth-order valence-corrected chi connectivity index (χ4v) is 2.64. The van der Waals surface area contributed by atoms with Gasteiger partial charge in [0.1, 0.15) is 5.82 Å². The van der Waals surface area contributed by atoms with Gasteiger partial charge in [0.25, 0.3) is 0 Å². The predicted molar refractivity (Wildman–Crippen MR) is 82.6 cm³/mol. The Balaban J connectivity index is 1.75. The molecule has 0 saturated carbocycles. The highest BCUT2D eigenvalue weighted by atomic mass is 15.3. The summed E-state index contributed by atoms with van der Waals surface area (Å²) < 4.78 is 0. The van der Waals surface area contributed by atoms with E-state index in [0.29, 0.717) is 0 Å². The average Bonchev–Trinajstić information content (AvgIpc) is 2.76. The van der Waals surface area contributed by atoms with Crippen LogP contribution in [0.1, 0.15) is 17.8 Å². The zero-order chi connectivity index (χ0) is 14.7. The van der Waals surface area contributed by atoms with Crippen molar-refractivity contribution >= 4 is 11.6 Å². The minimum Gasteiger partial charge on any atom is -0.353 e. The fraction of sp³-hybridized carbons (Fsp3) is 0.467. The van der Waals surface area contributed by atoms with Gasteiger partial charge in [-0.2, -0.15) is 5.10 Å². The van der Waals surface area contributed by atoms with Gasteiger partial charge in [0, 0.05) is 38.6 Å². The molecule has 1 saturated heterocycles. The van der Waals surface area contributed by atoms with E-state index in [-0.39, 0.29) is 0 Å². The minimum atomic E-state index is 0.924. The van der Waals surface area contributed by atoms with Crippen LogP contribution >= 0.6 is 0 Å². The van der Waals surface area contributed by atoms with E-state index < -0.39 is 0 Å². The van der Waals surface area contributed by atoms with Gasteiger partial charge in [0.2, 0.25) is 0 Å². The Kier molecular flexibility index (Phi) is 3.94. The van der Waals surface area contributed by atoms with Crippen LogP contribution in [0.2, 0.25) is 0 Å². The molecule has 0 aliphatic carbocycles. The lowest BCUT2D eigenvalue weighted by Crippen LogP contribution is -2.32. The molecule has 0 bridgehead atoms. The van der Waals surface area contributed by atoms with Crippen molar-refractivity contribution in [2.45, 2.75) is 20.3 Å². The van der Waals surface area contributed by atoms with Crippen molar-refractivity contribution in [2.75, 3.05) is 36.0 Å². The lowest BCUT2D eigenvalue weighted by Gasteiger charge is -2.24. The van der Waals surface area contributed by atoms with E-state index in [1.165, 1.54) is 0 Å². The normalized spacial score (nSPS) is 15.9. The zero-order valence-corrected chi connectivity index (χ0v) is 12.5. The third kappa shape index (κ3) is 3.09. The van der Waals surface area contributed by atoms with E-state index in [9.17, 15) is 0 Å². The molecule has 110 valence electrons. The van der Waals surface area contributed by atoms with Crippen molar-refractivity contribution < 1.29 is 0 Å². The van der Waals surface area contributed by atoms with Crippen molar-refractivity contribution in [1.82, 2.24) is 20.2 Å². The summed E-state index contributed by atoms with van der Waals surface area (Å²) in [5.74, 6) is 1.96. The van der Waals surface area contributed by atoms with Gasteiger partial charge in [-0.25, -0.2) is 4.98 Å². The van der Waals surface area contributed by atoms with Crippen LogP contribution in [0.5, 0.6) is 0 Å². The van der Waals surface area contributed by atoms with Gasteiger partial charge in [0.15, 0.2) is 5.82 Å². The second-order valence-electron chi connectivity index (χ2n) is 5.33. The van der Waals surface area contributed by atoms with Gasteiger partial charge in [-0.1, -0.05) is 0 Å². The topological polar surface area (TPSA) is 58.0 Å². The molecule has 0 unspecified atom stereocenters. The number of anilines is 2. The Morgan fingerprint density at radius 1 is 1.05 bits per heavy atom. The second-order valence-corrected chi connectivity index (χ2v) is 5.33. The predicted octanol–water partition coefficient (Wildman–Crippen LogP) is 1.60. The highest BCUT2D eigenvalue weighted by Crippen LogP contribution is 2.19. The maximum atomic E-state index is 4.65. The second kappa shape index (κ2) is 6.03. The van der Waals surface area contributed by atoms with E-state index in [1.807, 2.05) is 32.2 Å². The quantitative estimate of drug-likeness (QED) is 0.835. The minimum absolute atomic E-state index is 0.924. The summed E-state index contributed by atoms with van der Waals surface area (Å²) in [4.78, 5) is 13.7. The maximum absolute atomic E-state index is 4.65. The molecule has 21 heavy (non-hydrogen) atoms. The van der Waals surface area contributed by atoms with Crippen LogP contribution in [0.15, 0.2) is 24.5 Å². The summed E-state index contributed by atoms with van der Waals surface area (Å²) in [5.41, 5.74) is 1.96. The van der Waals surface area contributed by atoms with Crippen molar-refractivity contribution in [3.8, 4) is 0 Å². The van der Waals surface area contributed by atoms with Gasteiger partial charge in [-0.15, -0.1) is 5.10 Å². The Morgan fingerprint density at radius 3 is 2.67 bits per heavy atom. The monoisotopic (exact) mass is 284 g/mol. The third-order valence-corrected chi connectivity index (χ3v) is 3.73. The molecule has 2 aromatic rings. The SMILES string of the molecule is Cc1cnc(C)c(N2CCCN(c3cccnn3)CC2)n1. The smallest absolute Gasteiger partial charge is 0.151 e. The molecular weight excluding hydrogens is 264 g/mol. The summed E-state index contributed by atoms with van der Waals surface area (Å²) >= 11 is 0. The molecule has 0 radical (unpaired) electrons. The highest BCUT2D eigenvalue weighted by molar-refractivity contribution is 5.45. The first-order valence-electron chi connectivity index (χ1n) is 7.32. The molecule has 0 amide bonds. The lowest BCUT2D eigenvalue weighted by molar-refractivity contribution is 0.782. The van der Waals surface area contributed by atoms with E-state index >= 15 is 0 Å². The molecule has 6 heteroatoms. The first-order valence-corrected chi connectivity index (χ1v) is 7.32. The Hall–Kier alpha value is -2.24. The summed E-state index contributed by atoms with van der Waals surface area (Å²) in [6.07, 6.45) is 4.60. The number of nitrogens with zero attached hydrogens (tertiary/aromatic N) is 6. The van der Waals surface area contributed by atoms with Crippen LogP contribution in [-0.2, 0) is 0 Å². The molecule has 1 aliphatic heterocycles. The summed E-state index contributed by atoms with van der Waals surface area (Å²) in [6, 6.07) is 3.95. The van der Waals surface area contributed by atoms with E-state index in [1.54, 1.807) is 6.20 Å².